The van der Waals surface area contributed by atoms with Gasteiger partial charge in [-0.15, -0.1) is 0 Å². The molecule has 1 aliphatic carbocycles. The zero-order chi connectivity index (χ0) is 17.4. The van der Waals surface area contributed by atoms with Gasteiger partial charge in [-0.05, 0) is 25.7 Å². The van der Waals surface area contributed by atoms with Crippen molar-refractivity contribution in [2.45, 2.75) is 50.2 Å². The molecule has 2 aliphatic heterocycles. The molecule has 2 amide bonds. The summed E-state index contributed by atoms with van der Waals surface area (Å²) in [5.41, 5.74) is -2.20. The molecular formula is C16H23F3N2O3. The molecule has 0 aromatic heterocycles. The zero-order valence-electron chi connectivity index (χ0n) is 13.5. The van der Waals surface area contributed by atoms with Crippen LogP contribution < -0.4 is 5.32 Å². The predicted octanol–water partition coefficient (Wildman–Crippen LogP) is 1.86. The zero-order valence-corrected chi connectivity index (χ0v) is 13.5. The van der Waals surface area contributed by atoms with Crippen LogP contribution in [0.1, 0.15) is 38.5 Å². The Morgan fingerprint density at radius 1 is 1.08 bits per heavy atom. The molecule has 8 heteroatoms. The van der Waals surface area contributed by atoms with Crippen molar-refractivity contribution in [1.29, 1.82) is 0 Å². The van der Waals surface area contributed by atoms with E-state index in [-0.39, 0.29) is 44.4 Å². The number of hydrogen-bond acceptors (Lipinski definition) is 3. The largest absolute Gasteiger partial charge is 0.411 e. The van der Waals surface area contributed by atoms with Crippen molar-refractivity contribution in [1.82, 2.24) is 10.2 Å². The summed E-state index contributed by atoms with van der Waals surface area (Å²) < 4.78 is 45.5. The molecule has 0 aromatic carbocycles. The van der Waals surface area contributed by atoms with E-state index >= 15 is 0 Å². The van der Waals surface area contributed by atoms with E-state index in [2.05, 4.69) is 5.32 Å². The van der Waals surface area contributed by atoms with Gasteiger partial charge < -0.3 is 15.0 Å². The van der Waals surface area contributed by atoms with Crippen LogP contribution in [0.2, 0.25) is 0 Å². The van der Waals surface area contributed by atoms with E-state index in [1.54, 1.807) is 4.90 Å². The summed E-state index contributed by atoms with van der Waals surface area (Å²) >= 11 is 0. The molecule has 2 heterocycles. The van der Waals surface area contributed by atoms with Crippen LogP contribution >= 0.6 is 0 Å². The van der Waals surface area contributed by atoms with Gasteiger partial charge in [0.15, 0.2) is 0 Å². The van der Waals surface area contributed by atoms with Crippen molar-refractivity contribution in [2.24, 2.45) is 11.8 Å². The van der Waals surface area contributed by atoms with Gasteiger partial charge >= 0.3 is 6.18 Å². The fourth-order valence-corrected chi connectivity index (χ4v) is 3.52. The molecule has 1 N–H and O–H groups in total. The molecule has 3 aliphatic rings. The van der Waals surface area contributed by atoms with Crippen LogP contribution in [0.5, 0.6) is 0 Å². The molecule has 0 radical (unpaired) electrons. The monoisotopic (exact) mass is 348 g/mol. The van der Waals surface area contributed by atoms with Gasteiger partial charge in [0.2, 0.25) is 11.8 Å². The number of likely N-dealkylation sites (tertiary alicyclic amines) is 1. The van der Waals surface area contributed by atoms with Crippen molar-refractivity contribution in [2.75, 3.05) is 26.3 Å². The average molecular weight is 348 g/mol. The molecule has 3 rings (SSSR count). The Hall–Kier alpha value is -1.31. The Balaban J connectivity index is 1.65. The lowest BCUT2D eigenvalue weighted by atomic mass is 9.87. The standard InChI is InChI=1S/C16H23F3N2O3/c17-16(18,19)15(5-8-24-9-6-15)20-13(22)12-2-1-7-21(10-12)14(23)11-3-4-11/h11-12H,1-10H2,(H,20,22). The van der Waals surface area contributed by atoms with Gasteiger partial charge in [-0.3, -0.25) is 9.59 Å². The number of alkyl halides is 3. The third kappa shape index (κ3) is 3.53. The molecular weight excluding hydrogens is 325 g/mol. The van der Waals surface area contributed by atoms with Crippen LogP contribution in [-0.2, 0) is 14.3 Å². The quantitative estimate of drug-likeness (QED) is 0.847. The molecule has 24 heavy (non-hydrogen) atoms. The highest BCUT2D eigenvalue weighted by Gasteiger charge is 2.56. The molecule has 2 saturated heterocycles. The van der Waals surface area contributed by atoms with E-state index in [0.717, 1.165) is 12.8 Å². The van der Waals surface area contributed by atoms with Gasteiger partial charge in [-0.25, -0.2) is 0 Å². The minimum absolute atomic E-state index is 0.0171. The van der Waals surface area contributed by atoms with Gasteiger partial charge in [0, 0.05) is 45.1 Å². The second kappa shape index (κ2) is 6.54. The Bertz CT molecular complexity index is 499. The molecule has 1 unspecified atom stereocenters. The van der Waals surface area contributed by atoms with E-state index in [9.17, 15) is 22.8 Å². The van der Waals surface area contributed by atoms with Crippen LogP contribution in [0.25, 0.3) is 0 Å². The number of carbonyl (C=O) groups is 2. The molecule has 0 aromatic rings. The maximum absolute atomic E-state index is 13.5. The van der Waals surface area contributed by atoms with Crippen molar-refractivity contribution in [3.63, 3.8) is 0 Å². The van der Waals surface area contributed by atoms with Crippen molar-refractivity contribution in [3.05, 3.63) is 0 Å². The van der Waals surface area contributed by atoms with Gasteiger partial charge in [0.25, 0.3) is 0 Å². The number of carbonyl (C=O) groups excluding carboxylic acids is 2. The number of nitrogens with zero attached hydrogens (tertiary/aromatic N) is 1. The molecule has 5 nitrogen and oxygen atoms in total. The molecule has 3 fully saturated rings. The summed E-state index contributed by atoms with van der Waals surface area (Å²) in [7, 11) is 0. The smallest absolute Gasteiger partial charge is 0.381 e. The maximum Gasteiger partial charge on any atom is 0.411 e. The summed E-state index contributed by atoms with van der Waals surface area (Å²) in [6, 6.07) is 0. The first-order valence-electron chi connectivity index (χ1n) is 8.58. The third-order valence-corrected chi connectivity index (χ3v) is 5.28. The number of ether oxygens (including phenoxy) is 1. The van der Waals surface area contributed by atoms with Crippen molar-refractivity contribution >= 4 is 11.8 Å². The van der Waals surface area contributed by atoms with Crippen LogP contribution in [0.4, 0.5) is 13.2 Å². The van der Waals surface area contributed by atoms with Gasteiger partial charge in [0.05, 0.1) is 5.92 Å². The molecule has 0 bridgehead atoms. The number of hydrogen-bond donors (Lipinski definition) is 1. The summed E-state index contributed by atoms with van der Waals surface area (Å²) in [6.45, 7) is 0.788. The lowest BCUT2D eigenvalue weighted by molar-refractivity contribution is -0.217. The number of rotatable bonds is 3. The lowest BCUT2D eigenvalue weighted by Gasteiger charge is -2.41. The third-order valence-electron chi connectivity index (χ3n) is 5.28. The predicted molar refractivity (Wildman–Crippen MR) is 79.0 cm³/mol. The normalized spacial score (nSPS) is 27.6. The SMILES string of the molecule is O=C(NC1(C(F)(F)F)CCOCC1)C1CCCN(C(=O)C2CC2)C1. The summed E-state index contributed by atoms with van der Waals surface area (Å²) in [4.78, 5) is 26.3. The molecule has 0 spiro atoms. The van der Waals surface area contributed by atoms with E-state index < -0.39 is 23.5 Å². The molecule has 136 valence electrons. The summed E-state index contributed by atoms with van der Waals surface area (Å²) in [5.74, 6) is -1.06. The average Bonchev–Trinajstić information content (AvgIpc) is 3.39. The van der Waals surface area contributed by atoms with E-state index in [4.69, 9.17) is 4.74 Å². The first kappa shape index (κ1) is 17.5. The Labute approximate surface area is 138 Å². The minimum Gasteiger partial charge on any atom is -0.381 e. The van der Waals surface area contributed by atoms with E-state index in [0.29, 0.717) is 19.4 Å². The van der Waals surface area contributed by atoms with Gasteiger partial charge in [-0.2, -0.15) is 13.2 Å². The summed E-state index contributed by atoms with van der Waals surface area (Å²) in [5, 5.41) is 2.26. The maximum atomic E-state index is 13.5. The van der Waals surface area contributed by atoms with E-state index in [1.165, 1.54) is 0 Å². The molecule has 1 saturated carbocycles. The highest BCUT2D eigenvalue weighted by molar-refractivity contribution is 5.84. The van der Waals surface area contributed by atoms with Crippen LogP contribution in [-0.4, -0.2) is 54.7 Å². The minimum atomic E-state index is -4.51. The Morgan fingerprint density at radius 3 is 2.33 bits per heavy atom. The number of halogens is 3. The van der Waals surface area contributed by atoms with Crippen LogP contribution in [0.3, 0.4) is 0 Å². The second-order valence-corrected chi connectivity index (χ2v) is 7.08. The number of nitrogens with one attached hydrogen (secondary N) is 1. The lowest BCUT2D eigenvalue weighted by Crippen LogP contribution is -2.63. The van der Waals surface area contributed by atoms with Crippen LogP contribution in [0.15, 0.2) is 0 Å². The first-order chi connectivity index (χ1) is 11.3. The highest BCUT2D eigenvalue weighted by atomic mass is 19.4. The summed E-state index contributed by atoms with van der Waals surface area (Å²) in [6.07, 6.45) is -2.11. The van der Waals surface area contributed by atoms with Crippen molar-refractivity contribution < 1.29 is 27.5 Å². The molecule has 1 atom stereocenters. The fourth-order valence-electron chi connectivity index (χ4n) is 3.52. The first-order valence-corrected chi connectivity index (χ1v) is 8.58. The van der Waals surface area contributed by atoms with Crippen LogP contribution in [0, 0.1) is 11.8 Å². The van der Waals surface area contributed by atoms with Gasteiger partial charge in [0.1, 0.15) is 5.54 Å². The second-order valence-electron chi connectivity index (χ2n) is 7.08. The Kier molecular flexibility index (Phi) is 4.77. The van der Waals surface area contributed by atoms with Crippen molar-refractivity contribution in [3.8, 4) is 0 Å². The number of piperidine rings is 1. The topological polar surface area (TPSA) is 58.6 Å². The highest BCUT2D eigenvalue weighted by Crippen LogP contribution is 2.38. The van der Waals surface area contributed by atoms with E-state index in [1.807, 2.05) is 0 Å². The number of amides is 2. The Morgan fingerprint density at radius 2 is 1.75 bits per heavy atom. The fraction of sp³-hybridized carbons (Fsp3) is 0.875. The van der Waals surface area contributed by atoms with Gasteiger partial charge in [-0.1, -0.05) is 0 Å².